The molecule has 0 radical (unpaired) electrons. The molecule has 4 heterocycles. The van der Waals surface area contributed by atoms with Gasteiger partial charge in [-0.25, -0.2) is 19.9 Å². The normalized spacial score (nSPS) is 11.3. The Bertz CT molecular complexity index is 2070. The number of fused-ring (bicyclic) bond motifs is 6. The summed E-state index contributed by atoms with van der Waals surface area (Å²) in [4.78, 5) is 25.7. The van der Waals surface area contributed by atoms with E-state index < -0.39 is 0 Å². The van der Waals surface area contributed by atoms with Crippen molar-refractivity contribution in [1.82, 2.24) is 29.9 Å². The Kier molecular flexibility index (Phi) is 5.67. The predicted octanol–water partition coefficient (Wildman–Crippen LogP) is 8.18. The molecule has 0 fully saturated rings. The largest absolute Gasteiger partial charge is 0.263 e. The summed E-state index contributed by atoms with van der Waals surface area (Å²) >= 11 is 0. The smallest absolute Gasteiger partial charge is 0.115 e. The van der Waals surface area contributed by atoms with Crippen molar-refractivity contribution >= 4 is 32.3 Å². The highest BCUT2D eigenvalue weighted by molar-refractivity contribution is 6.26. The average Bonchev–Trinajstić information content (AvgIpc) is 3.09. The minimum absolute atomic E-state index is 0.942. The van der Waals surface area contributed by atoms with Crippen molar-refractivity contribution in [1.29, 1.82) is 0 Å². The van der Waals surface area contributed by atoms with Gasteiger partial charge in [-0.05, 0) is 67.7 Å². The van der Waals surface area contributed by atoms with Crippen LogP contribution in [0.15, 0.2) is 135 Å². The van der Waals surface area contributed by atoms with Crippen molar-refractivity contribution in [2.24, 2.45) is 0 Å². The summed E-state index contributed by atoms with van der Waals surface area (Å²) in [7, 11) is 0. The molecular weight excluding hydrogens is 516 g/mol. The van der Waals surface area contributed by atoms with E-state index in [1.54, 1.807) is 0 Å². The molecule has 0 saturated heterocycles. The van der Waals surface area contributed by atoms with Crippen molar-refractivity contribution in [2.45, 2.75) is 0 Å². The van der Waals surface area contributed by atoms with Crippen LogP contribution < -0.4 is 0 Å². The van der Waals surface area contributed by atoms with Gasteiger partial charge in [0.1, 0.15) is 12.7 Å². The number of benzene rings is 4. The number of pyridine rings is 2. The molecule has 0 atom stereocenters. The summed E-state index contributed by atoms with van der Waals surface area (Å²) in [6.45, 7) is 0. The molecule has 0 aliphatic rings. The van der Waals surface area contributed by atoms with Gasteiger partial charge in [0.2, 0.25) is 0 Å². The van der Waals surface area contributed by atoms with Crippen LogP contribution in [0.3, 0.4) is 0 Å². The van der Waals surface area contributed by atoms with Crippen LogP contribution in [0, 0.1) is 0 Å². The van der Waals surface area contributed by atoms with E-state index in [0.29, 0.717) is 0 Å². The maximum absolute atomic E-state index is 4.53. The molecule has 0 aliphatic heterocycles. The third kappa shape index (κ3) is 4.14. The molecule has 4 aromatic carbocycles. The quantitative estimate of drug-likeness (QED) is 0.210. The Morgan fingerprint density at radius 2 is 0.619 bits per heavy atom. The fourth-order valence-corrected chi connectivity index (χ4v) is 5.72. The topological polar surface area (TPSA) is 77.3 Å². The molecule has 196 valence electrons. The minimum atomic E-state index is 0.942. The molecule has 6 heteroatoms. The molecule has 0 N–H and O–H groups in total. The first kappa shape index (κ1) is 24.0. The number of nitrogens with zero attached hydrogens (tertiary/aromatic N) is 6. The van der Waals surface area contributed by atoms with Gasteiger partial charge in [-0.3, -0.25) is 9.97 Å². The van der Waals surface area contributed by atoms with Crippen LogP contribution in [0.5, 0.6) is 0 Å². The van der Waals surface area contributed by atoms with Crippen LogP contribution in [0.25, 0.3) is 76.8 Å². The predicted molar refractivity (Wildman–Crippen MR) is 167 cm³/mol. The molecule has 0 unspecified atom stereocenters. The van der Waals surface area contributed by atoms with E-state index in [2.05, 4.69) is 103 Å². The zero-order chi connectivity index (χ0) is 27.9. The summed E-state index contributed by atoms with van der Waals surface area (Å²) in [5.41, 5.74) is 8.19. The van der Waals surface area contributed by atoms with Crippen LogP contribution in [0.4, 0.5) is 0 Å². The third-order valence-electron chi connectivity index (χ3n) is 7.77. The third-order valence-corrected chi connectivity index (χ3v) is 7.77. The second-order valence-electron chi connectivity index (χ2n) is 10.2. The molecule has 0 saturated carbocycles. The van der Waals surface area contributed by atoms with Crippen LogP contribution in [0.1, 0.15) is 0 Å². The number of hydrogen-bond donors (Lipinski definition) is 0. The van der Waals surface area contributed by atoms with Gasteiger partial charge < -0.3 is 0 Å². The van der Waals surface area contributed by atoms with Gasteiger partial charge in [0.25, 0.3) is 0 Å². The average molecular weight is 539 g/mol. The molecule has 8 rings (SSSR count). The number of hydrogen-bond acceptors (Lipinski definition) is 6. The first-order chi connectivity index (χ1) is 20.8. The second-order valence-corrected chi connectivity index (χ2v) is 10.2. The monoisotopic (exact) mass is 538 g/mol. The van der Waals surface area contributed by atoms with Crippen molar-refractivity contribution in [3.05, 3.63) is 135 Å². The summed E-state index contributed by atoms with van der Waals surface area (Å²) in [5.74, 6) is 0. The van der Waals surface area contributed by atoms with E-state index in [0.717, 1.165) is 44.5 Å². The Labute approximate surface area is 241 Å². The lowest BCUT2D eigenvalue weighted by molar-refractivity contribution is 1.17. The first-order valence-corrected chi connectivity index (χ1v) is 13.6. The highest BCUT2D eigenvalue weighted by Crippen LogP contribution is 2.39. The van der Waals surface area contributed by atoms with E-state index in [1.807, 2.05) is 49.6 Å². The van der Waals surface area contributed by atoms with Crippen LogP contribution in [-0.2, 0) is 0 Å². The fourth-order valence-electron chi connectivity index (χ4n) is 5.72. The zero-order valence-corrected chi connectivity index (χ0v) is 22.4. The van der Waals surface area contributed by atoms with E-state index in [1.165, 1.54) is 45.0 Å². The van der Waals surface area contributed by atoms with Crippen molar-refractivity contribution in [3.63, 3.8) is 0 Å². The molecular formula is C36H22N6. The van der Waals surface area contributed by atoms with Crippen LogP contribution in [0.2, 0.25) is 0 Å². The molecule has 0 aliphatic carbocycles. The lowest BCUT2D eigenvalue weighted by atomic mass is 9.90. The maximum Gasteiger partial charge on any atom is 0.115 e. The van der Waals surface area contributed by atoms with Crippen molar-refractivity contribution < 1.29 is 0 Å². The zero-order valence-electron chi connectivity index (χ0n) is 22.4. The highest BCUT2D eigenvalue weighted by Gasteiger charge is 2.12. The Morgan fingerprint density at radius 1 is 0.262 bits per heavy atom. The lowest BCUT2D eigenvalue weighted by Gasteiger charge is -2.14. The molecule has 0 bridgehead atoms. The van der Waals surface area contributed by atoms with Crippen LogP contribution in [-0.4, -0.2) is 29.9 Å². The Morgan fingerprint density at radius 3 is 1.05 bits per heavy atom. The van der Waals surface area contributed by atoms with Gasteiger partial charge in [0, 0.05) is 83.0 Å². The van der Waals surface area contributed by atoms with E-state index in [9.17, 15) is 0 Å². The van der Waals surface area contributed by atoms with Crippen molar-refractivity contribution in [3.8, 4) is 44.5 Å². The highest BCUT2D eigenvalue weighted by atomic mass is 14.8. The van der Waals surface area contributed by atoms with Gasteiger partial charge in [-0.1, -0.05) is 48.5 Å². The van der Waals surface area contributed by atoms with Crippen molar-refractivity contribution in [2.75, 3.05) is 0 Å². The molecule has 4 aromatic heterocycles. The summed E-state index contributed by atoms with van der Waals surface area (Å²) in [6, 6.07) is 26.3. The first-order valence-electron chi connectivity index (χ1n) is 13.6. The van der Waals surface area contributed by atoms with Gasteiger partial charge in [0.05, 0.1) is 0 Å². The molecule has 0 amide bonds. The summed E-state index contributed by atoms with van der Waals surface area (Å²) < 4.78 is 0. The lowest BCUT2D eigenvalue weighted by Crippen LogP contribution is -1.89. The second kappa shape index (κ2) is 9.94. The molecule has 0 spiro atoms. The van der Waals surface area contributed by atoms with Gasteiger partial charge in [0.15, 0.2) is 0 Å². The number of aromatic nitrogens is 6. The number of rotatable bonds is 4. The van der Waals surface area contributed by atoms with Gasteiger partial charge >= 0.3 is 0 Å². The van der Waals surface area contributed by atoms with E-state index in [-0.39, 0.29) is 0 Å². The maximum atomic E-state index is 4.53. The summed E-state index contributed by atoms with van der Waals surface area (Å²) in [6.07, 6.45) is 17.8. The SMILES string of the molecule is c1ccc2c(c1)c1cc(-c3cncc(-c4cncnc4)c3)ccc1c1ccc(-c3cncc(-c4cncnc4)c3)cc21. The molecule has 8 aromatic rings. The van der Waals surface area contributed by atoms with Gasteiger partial charge in [-0.15, -0.1) is 0 Å². The molecule has 42 heavy (non-hydrogen) atoms. The van der Waals surface area contributed by atoms with E-state index >= 15 is 0 Å². The summed E-state index contributed by atoms with van der Waals surface area (Å²) in [5, 5.41) is 7.29. The fraction of sp³-hybridized carbons (Fsp3) is 0. The van der Waals surface area contributed by atoms with Crippen LogP contribution >= 0.6 is 0 Å². The van der Waals surface area contributed by atoms with E-state index in [4.69, 9.17) is 0 Å². The Balaban J connectivity index is 1.28. The van der Waals surface area contributed by atoms with Gasteiger partial charge in [-0.2, -0.15) is 0 Å². The minimum Gasteiger partial charge on any atom is -0.263 e. The Hall–Kier alpha value is -5.88. The molecule has 6 nitrogen and oxygen atoms in total. The standard InChI is InChI=1S/C36H22N6/c1-2-4-32-31(3-1)35-11-23(25-9-27(15-37-13-25)29-17-39-21-40-18-29)5-7-33(35)34-8-6-24(12-36(32)34)26-10-28(16-38-14-26)30-19-41-22-42-20-30/h1-22H.